The molecular weight excluding hydrogens is 400 g/mol. The van der Waals surface area contributed by atoms with Crippen LogP contribution in [0.25, 0.3) is 0 Å². The summed E-state index contributed by atoms with van der Waals surface area (Å²) in [6.45, 7) is 7.60. The number of carbonyl (C=O) groups is 1. The lowest BCUT2D eigenvalue weighted by molar-refractivity contribution is -0.126. The van der Waals surface area contributed by atoms with Crippen molar-refractivity contribution in [1.29, 1.82) is 0 Å². The molecule has 1 N–H and O–H groups in total. The molecule has 1 aliphatic heterocycles. The zero-order valence-electron chi connectivity index (χ0n) is 18.9. The van der Waals surface area contributed by atoms with Gasteiger partial charge in [-0.2, -0.15) is 0 Å². The van der Waals surface area contributed by atoms with Gasteiger partial charge in [0, 0.05) is 31.4 Å². The number of aryl methyl sites for hydroxylation is 2. The van der Waals surface area contributed by atoms with Crippen LogP contribution in [0.15, 0.2) is 60.9 Å². The third-order valence-corrected chi connectivity index (χ3v) is 5.95. The number of hydrogen-bond donors (Lipinski definition) is 1. The minimum atomic E-state index is -0.00421. The first-order valence-electron chi connectivity index (χ1n) is 11.2. The maximum atomic E-state index is 12.8. The van der Waals surface area contributed by atoms with E-state index in [4.69, 9.17) is 4.74 Å². The molecule has 1 amide bonds. The predicted molar refractivity (Wildman–Crippen MR) is 126 cm³/mol. The normalized spacial score (nSPS) is 15.3. The molecule has 0 saturated carbocycles. The molecule has 0 bridgehead atoms. The number of rotatable bonds is 6. The van der Waals surface area contributed by atoms with Crippen molar-refractivity contribution in [3.63, 3.8) is 0 Å². The predicted octanol–water partition coefficient (Wildman–Crippen LogP) is 4.98. The monoisotopic (exact) mass is 430 g/mol. The average Bonchev–Trinajstić information content (AvgIpc) is 2.80. The maximum absolute atomic E-state index is 12.8. The second-order valence-corrected chi connectivity index (χ2v) is 8.51. The molecule has 0 radical (unpaired) electrons. The van der Waals surface area contributed by atoms with E-state index < -0.39 is 0 Å². The Morgan fingerprint density at radius 3 is 2.47 bits per heavy atom. The highest BCUT2D eigenvalue weighted by molar-refractivity contribution is 5.79. The molecule has 4 rings (SSSR count). The highest BCUT2D eigenvalue weighted by Gasteiger charge is 2.28. The molecule has 1 aromatic heterocycles. The van der Waals surface area contributed by atoms with Crippen LogP contribution in [0, 0.1) is 19.8 Å². The van der Waals surface area contributed by atoms with Crippen LogP contribution in [0.1, 0.15) is 42.5 Å². The molecule has 1 fully saturated rings. The largest absolute Gasteiger partial charge is 0.436 e. The smallest absolute Gasteiger partial charge is 0.263 e. The van der Waals surface area contributed by atoms with Crippen molar-refractivity contribution < 1.29 is 9.53 Å². The lowest BCUT2D eigenvalue weighted by Gasteiger charge is -2.33. The highest BCUT2D eigenvalue weighted by atomic mass is 16.5. The van der Waals surface area contributed by atoms with Crippen molar-refractivity contribution in [3.8, 4) is 11.6 Å². The molecule has 1 aliphatic rings. The van der Waals surface area contributed by atoms with Crippen LogP contribution in [-0.4, -0.2) is 29.0 Å². The van der Waals surface area contributed by atoms with Gasteiger partial charge >= 0.3 is 0 Å². The minimum absolute atomic E-state index is 0.00281. The number of benzene rings is 2. The van der Waals surface area contributed by atoms with Crippen LogP contribution in [-0.2, 0) is 4.79 Å². The van der Waals surface area contributed by atoms with E-state index in [2.05, 4.69) is 51.4 Å². The number of hydrogen-bond acceptors (Lipinski definition) is 5. The van der Waals surface area contributed by atoms with Crippen molar-refractivity contribution in [2.75, 3.05) is 18.0 Å². The molecule has 3 aromatic rings. The van der Waals surface area contributed by atoms with Crippen LogP contribution in [0.2, 0.25) is 0 Å². The van der Waals surface area contributed by atoms with Crippen molar-refractivity contribution in [2.24, 2.45) is 5.92 Å². The van der Waals surface area contributed by atoms with Gasteiger partial charge in [-0.25, -0.2) is 9.97 Å². The van der Waals surface area contributed by atoms with Gasteiger partial charge in [-0.05, 0) is 56.9 Å². The Hall–Kier alpha value is -3.41. The number of piperidine rings is 1. The van der Waals surface area contributed by atoms with Gasteiger partial charge in [0.2, 0.25) is 5.91 Å². The molecule has 6 nitrogen and oxygen atoms in total. The lowest BCUT2D eigenvalue weighted by atomic mass is 9.95. The molecule has 6 heteroatoms. The van der Waals surface area contributed by atoms with Gasteiger partial charge in [-0.3, -0.25) is 4.79 Å². The summed E-state index contributed by atoms with van der Waals surface area (Å²) in [6.07, 6.45) is 4.86. The quantitative estimate of drug-likeness (QED) is 0.597. The van der Waals surface area contributed by atoms with Gasteiger partial charge in [-0.1, -0.05) is 42.0 Å². The second-order valence-electron chi connectivity index (χ2n) is 8.51. The zero-order valence-corrected chi connectivity index (χ0v) is 18.9. The Morgan fingerprint density at radius 1 is 1.03 bits per heavy atom. The molecule has 1 unspecified atom stereocenters. The first-order chi connectivity index (χ1) is 15.5. The van der Waals surface area contributed by atoms with Crippen molar-refractivity contribution in [3.05, 3.63) is 77.6 Å². The topological polar surface area (TPSA) is 67.4 Å². The lowest BCUT2D eigenvalue weighted by Crippen LogP contribution is -2.41. The third kappa shape index (κ3) is 5.25. The minimum Gasteiger partial charge on any atom is -0.436 e. The number of nitrogens with one attached hydrogen (secondary N) is 1. The van der Waals surface area contributed by atoms with E-state index in [9.17, 15) is 4.79 Å². The van der Waals surface area contributed by atoms with E-state index in [0.717, 1.165) is 48.6 Å². The van der Waals surface area contributed by atoms with E-state index in [0.29, 0.717) is 5.88 Å². The number of carbonyl (C=O) groups excluding carboxylic acids is 1. The van der Waals surface area contributed by atoms with Crippen molar-refractivity contribution >= 4 is 11.7 Å². The number of amides is 1. The Bertz CT molecular complexity index is 1060. The second kappa shape index (κ2) is 9.81. The van der Waals surface area contributed by atoms with Crippen LogP contribution in [0.5, 0.6) is 11.6 Å². The molecule has 32 heavy (non-hydrogen) atoms. The summed E-state index contributed by atoms with van der Waals surface area (Å²) in [5.41, 5.74) is 3.47. The molecule has 0 spiro atoms. The zero-order chi connectivity index (χ0) is 22.5. The van der Waals surface area contributed by atoms with Crippen LogP contribution >= 0.6 is 0 Å². The average molecular weight is 431 g/mol. The summed E-state index contributed by atoms with van der Waals surface area (Å²) in [5, 5.41) is 3.18. The summed E-state index contributed by atoms with van der Waals surface area (Å²) >= 11 is 0. The maximum Gasteiger partial charge on any atom is 0.263 e. The van der Waals surface area contributed by atoms with E-state index in [1.807, 2.05) is 38.1 Å². The standard InChI is InChI=1S/C26H30N4O2/c1-18-7-9-21(10-8-18)20(3)29-25(31)22-11-15-30(16-12-22)24-26(28-14-13-27-24)32-23-6-4-5-19(2)17-23/h4-10,13-14,17,20,22H,11-12,15-16H2,1-3H3,(H,29,31). The SMILES string of the molecule is Cc1ccc(C(C)NC(=O)C2CCN(c3nccnc3Oc3cccc(C)c3)CC2)cc1. The van der Waals surface area contributed by atoms with E-state index >= 15 is 0 Å². The Kier molecular flexibility index (Phi) is 6.69. The Morgan fingerprint density at radius 2 is 1.75 bits per heavy atom. The first-order valence-corrected chi connectivity index (χ1v) is 11.2. The fourth-order valence-electron chi connectivity index (χ4n) is 4.02. The molecule has 166 valence electrons. The van der Waals surface area contributed by atoms with Crippen molar-refractivity contribution in [2.45, 2.75) is 39.7 Å². The van der Waals surface area contributed by atoms with Gasteiger partial charge in [0.15, 0.2) is 5.82 Å². The summed E-state index contributed by atoms with van der Waals surface area (Å²) in [4.78, 5) is 23.9. The number of anilines is 1. The summed E-state index contributed by atoms with van der Waals surface area (Å²) in [5.74, 6) is 2.08. The van der Waals surface area contributed by atoms with Crippen molar-refractivity contribution in [1.82, 2.24) is 15.3 Å². The van der Waals surface area contributed by atoms with Gasteiger partial charge in [0.1, 0.15) is 5.75 Å². The number of ether oxygens (including phenoxy) is 1. The molecule has 2 heterocycles. The molecule has 0 aliphatic carbocycles. The van der Waals surface area contributed by atoms with E-state index in [-0.39, 0.29) is 17.9 Å². The van der Waals surface area contributed by atoms with Crippen LogP contribution in [0.4, 0.5) is 5.82 Å². The summed E-state index contributed by atoms with van der Waals surface area (Å²) < 4.78 is 6.03. The summed E-state index contributed by atoms with van der Waals surface area (Å²) in [7, 11) is 0. The van der Waals surface area contributed by atoms with Crippen LogP contribution in [0.3, 0.4) is 0 Å². The first kappa shape index (κ1) is 21.8. The van der Waals surface area contributed by atoms with E-state index in [1.165, 1.54) is 5.56 Å². The molecule has 2 aromatic carbocycles. The summed E-state index contributed by atoms with van der Waals surface area (Å²) in [6, 6.07) is 16.2. The van der Waals surface area contributed by atoms with Gasteiger partial charge in [-0.15, -0.1) is 0 Å². The van der Waals surface area contributed by atoms with Gasteiger partial charge in [0.25, 0.3) is 5.88 Å². The third-order valence-electron chi connectivity index (χ3n) is 5.95. The fourth-order valence-corrected chi connectivity index (χ4v) is 4.02. The Balaban J connectivity index is 1.36. The Labute approximate surface area is 189 Å². The van der Waals surface area contributed by atoms with Crippen LogP contribution < -0.4 is 15.0 Å². The number of aromatic nitrogens is 2. The van der Waals surface area contributed by atoms with Gasteiger partial charge < -0.3 is 15.0 Å². The number of nitrogens with zero attached hydrogens (tertiary/aromatic N) is 3. The van der Waals surface area contributed by atoms with E-state index in [1.54, 1.807) is 12.4 Å². The van der Waals surface area contributed by atoms with Gasteiger partial charge in [0.05, 0.1) is 6.04 Å². The fraction of sp³-hybridized carbons (Fsp3) is 0.346. The molecule has 1 atom stereocenters. The molecular formula is C26H30N4O2. The highest BCUT2D eigenvalue weighted by Crippen LogP contribution is 2.31. The molecule has 1 saturated heterocycles.